The van der Waals surface area contributed by atoms with Crippen LogP contribution in [0, 0.1) is 0 Å². The number of nitrogens with two attached hydrogens (primary N) is 1. The Morgan fingerprint density at radius 3 is 2.50 bits per heavy atom. The van der Waals surface area contributed by atoms with Gasteiger partial charge < -0.3 is 15.8 Å². The first-order valence-corrected chi connectivity index (χ1v) is 11.9. The molecule has 0 bridgehead atoms. The third kappa shape index (κ3) is 4.63. The molecule has 182 valence electrons. The van der Waals surface area contributed by atoms with Gasteiger partial charge in [-0.05, 0) is 42.7 Å². The molecule has 1 fully saturated rings. The molecule has 1 aliphatic heterocycles. The van der Waals surface area contributed by atoms with Crippen molar-refractivity contribution in [3.8, 4) is 16.9 Å². The molecule has 0 unspecified atom stereocenters. The molecule has 0 saturated carbocycles. The summed E-state index contributed by atoms with van der Waals surface area (Å²) in [6, 6.07) is 5.91. The van der Waals surface area contributed by atoms with Crippen LogP contribution in [-0.4, -0.2) is 48.1 Å². The predicted molar refractivity (Wildman–Crippen MR) is 121 cm³/mol. The third-order valence-electron chi connectivity index (χ3n) is 5.29. The van der Waals surface area contributed by atoms with Gasteiger partial charge in [-0.2, -0.15) is 22.5 Å². The lowest BCUT2D eigenvalue weighted by atomic mass is 9.98. The lowest BCUT2D eigenvalue weighted by Gasteiger charge is -2.20. The summed E-state index contributed by atoms with van der Waals surface area (Å²) >= 11 is 6.31. The number of aromatic amines is 1. The first kappa shape index (κ1) is 24.1. The van der Waals surface area contributed by atoms with E-state index in [2.05, 4.69) is 20.5 Å². The lowest BCUT2D eigenvalue weighted by molar-refractivity contribution is -0.137. The molecule has 3 aromatic rings. The van der Waals surface area contributed by atoms with Gasteiger partial charge in [0.1, 0.15) is 10.6 Å². The molecule has 2 heterocycles. The van der Waals surface area contributed by atoms with E-state index in [4.69, 9.17) is 22.1 Å². The van der Waals surface area contributed by atoms with Crippen molar-refractivity contribution in [1.82, 2.24) is 19.5 Å². The fourth-order valence-corrected chi connectivity index (χ4v) is 5.78. The summed E-state index contributed by atoms with van der Waals surface area (Å²) in [4.78, 5) is 3.57. The van der Waals surface area contributed by atoms with Crippen LogP contribution in [0.5, 0.6) is 5.75 Å². The predicted octanol–water partition coefficient (Wildman–Crippen LogP) is 4.26. The maximum absolute atomic E-state index is 14.1. The highest BCUT2D eigenvalue weighted by atomic mass is 35.5. The Morgan fingerprint density at radius 2 is 1.91 bits per heavy atom. The van der Waals surface area contributed by atoms with E-state index in [0.717, 1.165) is 12.1 Å². The first-order chi connectivity index (χ1) is 16.0. The number of halogens is 4. The zero-order valence-electron chi connectivity index (χ0n) is 17.8. The Balaban J connectivity index is 1.85. The Bertz CT molecular complexity index is 1320. The number of methoxy groups -OCH3 is 1. The number of hydrogen-bond acceptors (Lipinski definition) is 7. The second kappa shape index (κ2) is 8.96. The van der Waals surface area contributed by atoms with E-state index < -0.39 is 21.8 Å². The van der Waals surface area contributed by atoms with Crippen LogP contribution >= 0.6 is 11.6 Å². The van der Waals surface area contributed by atoms with Crippen molar-refractivity contribution in [2.75, 3.05) is 31.2 Å². The highest BCUT2D eigenvalue weighted by Gasteiger charge is 2.37. The smallest absolute Gasteiger partial charge is 0.417 e. The highest BCUT2D eigenvalue weighted by molar-refractivity contribution is 7.89. The van der Waals surface area contributed by atoms with Gasteiger partial charge in [0, 0.05) is 24.3 Å². The Hall–Kier alpha value is -3.03. The minimum Gasteiger partial charge on any atom is -0.495 e. The Labute approximate surface area is 198 Å². The number of sulfonamides is 1. The van der Waals surface area contributed by atoms with Gasteiger partial charge in [-0.25, -0.2) is 13.5 Å². The van der Waals surface area contributed by atoms with Crippen molar-refractivity contribution >= 4 is 39.2 Å². The number of anilines is 3. The van der Waals surface area contributed by atoms with Crippen molar-refractivity contribution in [3.63, 3.8) is 0 Å². The molecular formula is C20H20ClF3N6O3S. The molecule has 0 spiro atoms. The SMILES string of the molecule is COc1ccc(-c2c(Cl)cc(Nc3n[nH]c(N)n3)cc2C(F)(F)F)cc1S(=O)(=O)N1CCCC1. The average Bonchev–Trinajstić information content (AvgIpc) is 3.45. The third-order valence-corrected chi connectivity index (χ3v) is 7.51. The van der Waals surface area contributed by atoms with Gasteiger partial charge in [0.05, 0.1) is 17.7 Å². The summed E-state index contributed by atoms with van der Waals surface area (Å²) in [5.41, 5.74) is 3.95. The zero-order valence-corrected chi connectivity index (χ0v) is 19.4. The number of rotatable bonds is 6. The fourth-order valence-electron chi connectivity index (χ4n) is 3.76. The monoisotopic (exact) mass is 516 g/mol. The molecule has 34 heavy (non-hydrogen) atoms. The maximum atomic E-state index is 14.1. The van der Waals surface area contributed by atoms with Crippen LogP contribution in [0.2, 0.25) is 5.02 Å². The topological polar surface area (TPSA) is 126 Å². The van der Waals surface area contributed by atoms with E-state index in [-0.39, 0.29) is 44.4 Å². The molecule has 1 aromatic heterocycles. The number of nitrogens with one attached hydrogen (secondary N) is 2. The summed E-state index contributed by atoms with van der Waals surface area (Å²) in [5.74, 6) is -0.0371. The summed E-state index contributed by atoms with van der Waals surface area (Å²) in [6.45, 7) is 0.659. The van der Waals surface area contributed by atoms with E-state index in [1.807, 2.05) is 0 Å². The Morgan fingerprint density at radius 1 is 1.21 bits per heavy atom. The van der Waals surface area contributed by atoms with Crippen LogP contribution in [0.1, 0.15) is 18.4 Å². The quantitative estimate of drug-likeness (QED) is 0.446. The average molecular weight is 517 g/mol. The second-order valence-electron chi connectivity index (χ2n) is 7.52. The molecule has 4 rings (SSSR count). The van der Waals surface area contributed by atoms with Crippen molar-refractivity contribution in [3.05, 3.63) is 40.9 Å². The van der Waals surface area contributed by atoms with Crippen LogP contribution in [0.3, 0.4) is 0 Å². The summed E-state index contributed by atoms with van der Waals surface area (Å²) in [5, 5.41) is 8.45. The van der Waals surface area contributed by atoms with E-state index in [1.54, 1.807) is 0 Å². The summed E-state index contributed by atoms with van der Waals surface area (Å²) in [7, 11) is -2.69. The Kier molecular flexibility index (Phi) is 6.36. The molecule has 0 atom stereocenters. The highest BCUT2D eigenvalue weighted by Crippen LogP contribution is 2.44. The standard InChI is InChI=1S/C20H20ClF3N6O3S/c1-33-15-5-4-11(8-16(15)34(31,32)30-6-2-3-7-30)17-13(20(22,23)24)9-12(10-14(17)21)26-19-27-18(25)28-29-19/h4-5,8-10H,2-3,6-7H2,1H3,(H4,25,26,27,28,29). The van der Waals surface area contributed by atoms with E-state index in [0.29, 0.717) is 25.9 Å². The lowest BCUT2D eigenvalue weighted by Crippen LogP contribution is -2.28. The van der Waals surface area contributed by atoms with Crippen molar-refractivity contribution in [2.24, 2.45) is 0 Å². The molecule has 2 aromatic carbocycles. The molecule has 0 radical (unpaired) electrons. The van der Waals surface area contributed by atoms with Gasteiger partial charge >= 0.3 is 6.18 Å². The normalized spacial score (nSPS) is 15.0. The minimum absolute atomic E-state index is 0.0220. The number of aromatic nitrogens is 3. The van der Waals surface area contributed by atoms with Crippen LogP contribution in [0.4, 0.5) is 30.8 Å². The maximum Gasteiger partial charge on any atom is 0.417 e. The number of nitrogens with zero attached hydrogens (tertiary/aromatic N) is 3. The summed E-state index contributed by atoms with van der Waals surface area (Å²) in [6.07, 6.45) is -3.39. The van der Waals surface area contributed by atoms with Crippen LogP contribution in [0.25, 0.3) is 11.1 Å². The molecule has 1 saturated heterocycles. The number of ether oxygens (including phenoxy) is 1. The van der Waals surface area contributed by atoms with Crippen molar-refractivity contribution in [1.29, 1.82) is 0 Å². The fraction of sp³-hybridized carbons (Fsp3) is 0.300. The molecule has 14 heteroatoms. The van der Waals surface area contributed by atoms with E-state index in [9.17, 15) is 21.6 Å². The number of H-pyrrole nitrogens is 1. The van der Waals surface area contributed by atoms with Gasteiger partial charge in [0.2, 0.25) is 21.9 Å². The van der Waals surface area contributed by atoms with Crippen LogP contribution < -0.4 is 15.8 Å². The number of hydrogen-bond donors (Lipinski definition) is 3. The second-order valence-corrected chi connectivity index (χ2v) is 9.84. The largest absolute Gasteiger partial charge is 0.495 e. The van der Waals surface area contributed by atoms with Crippen LogP contribution in [-0.2, 0) is 16.2 Å². The molecule has 4 N–H and O–H groups in total. The number of alkyl halides is 3. The van der Waals surface area contributed by atoms with Crippen molar-refractivity contribution < 1.29 is 26.3 Å². The molecule has 0 amide bonds. The van der Waals surface area contributed by atoms with Gasteiger partial charge in [-0.3, -0.25) is 0 Å². The van der Waals surface area contributed by atoms with Crippen molar-refractivity contribution in [2.45, 2.75) is 23.9 Å². The van der Waals surface area contributed by atoms with E-state index in [1.165, 1.54) is 29.6 Å². The number of benzene rings is 2. The van der Waals surface area contributed by atoms with E-state index >= 15 is 0 Å². The van der Waals surface area contributed by atoms with Gasteiger partial charge in [-0.15, -0.1) is 5.10 Å². The summed E-state index contributed by atoms with van der Waals surface area (Å²) < 4.78 is 75.0. The number of nitrogen functional groups attached to an aromatic ring is 1. The zero-order chi connectivity index (χ0) is 24.7. The molecule has 9 nitrogen and oxygen atoms in total. The van der Waals surface area contributed by atoms with Gasteiger partial charge in [0.15, 0.2) is 0 Å². The first-order valence-electron chi connectivity index (χ1n) is 10.0. The molecule has 0 aliphatic carbocycles. The molecule has 1 aliphatic rings. The van der Waals surface area contributed by atoms with Gasteiger partial charge in [0.25, 0.3) is 0 Å². The van der Waals surface area contributed by atoms with Crippen LogP contribution in [0.15, 0.2) is 35.2 Å². The minimum atomic E-state index is -4.80. The van der Waals surface area contributed by atoms with Gasteiger partial charge in [-0.1, -0.05) is 17.7 Å². The molecular weight excluding hydrogens is 497 g/mol.